The number of primary sulfonamides is 1. The summed E-state index contributed by atoms with van der Waals surface area (Å²) in [5.41, 5.74) is -0.655. The number of hydrogen-bond acceptors (Lipinski definition) is 5. The van der Waals surface area contributed by atoms with Gasteiger partial charge in [-0.25, -0.2) is 13.6 Å². The molecule has 0 aliphatic heterocycles. The van der Waals surface area contributed by atoms with Crippen molar-refractivity contribution >= 4 is 37.5 Å². The van der Waals surface area contributed by atoms with Gasteiger partial charge in [0.25, 0.3) is 11.6 Å². The highest BCUT2D eigenvalue weighted by Gasteiger charge is 2.25. The Morgan fingerprint density at radius 3 is 2.45 bits per heavy atom. The number of nitrogens with zero attached hydrogens (tertiary/aromatic N) is 2. The van der Waals surface area contributed by atoms with Gasteiger partial charge in [0.15, 0.2) is 0 Å². The topological polar surface area (TPSA) is 124 Å². The van der Waals surface area contributed by atoms with Crippen molar-refractivity contribution in [2.45, 2.75) is 11.8 Å². The maximum Gasteiger partial charge on any atom is 0.271 e. The Morgan fingerprint density at radius 1 is 1.50 bits per heavy atom. The third-order valence-corrected chi connectivity index (χ3v) is 4.64. The van der Waals surface area contributed by atoms with Gasteiger partial charge >= 0.3 is 0 Å². The predicted molar refractivity (Wildman–Crippen MR) is 74.8 cm³/mol. The first-order chi connectivity index (χ1) is 9.09. The van der Waals surface area contributed by atoms with E-state index in [-0.39, 0.29) is 10.0 Å². The highest BCUT2D eigenvalue weighted by atomic mass is 79.9. The van der Waals surface area contributed by atoms with Gasteiger partial charge in [-0.3, -0.25) is 14.9 Å². The molecule has 0 saturated heterocycles. The van der Waals surface area contributed by atoms with Gasteiger partial charge < -0.3 is 4.90 Å². The molecule has 1 amide bonds. The molecule has 0 heterocycles. The molecule has 0 fully saturated rings. The molecule has 1 aromatic carbocycles. The van der Waals surface area contributed by atoms with Crippen LogP contribution in [0.25, 0.3) is 0 Å². The number of benzene rings is 1. The SMILES string of the molecule is CCN(C)C(=O)c1cc([N+](=O)[O-])cc(S(N)(=O)=O)c1Br. The zero-order valence-electron chi connectivity index (χ0n) is 10.7. The van der Waals surface area contributed by atoms with Crippen LogP contribution in [0.5, 0.6) is 0 Å². The monoisotopic (exact) mass is 365 g/mol. The van der Waals surface area contributed by atoms with Crippen LogP contribution >= 0.6 is 15.9 Å². The maximum atomic E-state index is 12.1. The summed E-state index contributed by atoms with van der Waals surface area (Å²) in [4.78, 5) is 22.9. The summed E-state index contributed by atoms with van der Waals surface area (Å²) in [6.45, 7) is 2.07. The number of nitro groups is 1. The Morgan fingerprint density at radius 2 is 2.05 bits per heavy atom. The van der Waals surface area contributed by atoms with Crippen LogP contribution in [0.2, 0.25) is 0 Å². The molecular weight excluding hydrogens is 354 g/mol. The molecule has 0 spiro atoms. The number of halogens is 1. The molecule has 8 nitrogen and oxygen atoms in total. The second-order valence-corrected chi connectivity index (χ2v) is 6.25. The fourth-order valence-corrected chi connectivity index (χ4v) is 3.12. The average Bonchev–Trinajstić information content (AvgIpc) is 2.35. The zero-order valence-corrected chi connectivity index (χ0v) is 13.1. The first-order valence-corrected chi connectivity index (χ1v) is 7.69. The van der Waals surface area contributed by atoms with E-state index < -0.39 is 31.4 Å². The molecule has 0 unspecified atom stereocenters. The van der Waals surface area contributed by atoms with Gasteiger partial charge in [-0.15, -0.1) is 0 Å². The Balaban J connectivity index is 3.64. The molecule has 0 aliphatic carbocycles. The molecule has 110 valence electrons. The standard InChI is InChI=1S/C10H12BrN3O5S/c1-3-13(2)10(15)7-4-6(14(16)17)5-8(9(7)11)20(12,18)19/h4-5H,3H2,1-2H3,(H2,12,18,19). The van der Waals surface area contributed by atoms with E-state index in [4.69, 9.17) is 5.14 Å². The van der Waals surface area contributed by atoms with Crippen molar-refractivity contribution in [3.8, 4) is 0 Å². The number of nitro benzene ring substituents is 1. The second-order valence-electron chi connectivity index (χ2n) is 3.93. The van der Waals surface area contributed by atoms with Crippen LogP contribution in [-0.2, 0) is 10.0 Å². The average molecular weight is 366 g/mol. The molecular formula is C10H12BrN3O5S. The normalized spacial score (nSPS) is 11.2. The van der Waals surface area contributed by atoms with Gasteiger partial charge in [0.1, 0.15) is 4.90 Å². The van der Waals surface area contributed by atoms with Crippen molar-refractivity contribution in [1.82, 2.24) is 4.90 Å². The van der Waals surface area contributed by atoms with E-state index in [1.165, 1.54) is 11.9 Å². The molecule has 2 N–H and O–H groups in total. The molecule has 0 atom stereocenters. The van der Waals surface area contributed by atoms with Crippen molar-refractivity contribution in [3.05, 3.63) is 32.3 Å². The van der Waals surface area contributed by atoms with E-state index in [1.54, 1.807) is 6.92 Å². The number of non-ortho nitro benzene ring substituents is 1. The van der Waals surface area contributed by atoms with Crippen LogP contribution in [0.3, 0.4) is 0 Å². The summed E-state index contributed by atoms with van der Waals surface area (Å²) < 4.78 is 22.8. The number of nitrogens with two attached hydrogens (primary N) is 1. The molecule has 1 rings (SSSR count). The third-order valence-electron chi connectivity index (χ3n) is 2.59. The van der Waals surface area contributed by atoms with Crippen LogP contribution in [-0.4, -0.2) is 37.7 Å². The first kappa shape index (κ1) is 16.5. The number of carbonyl (C=O) groups excluding carboxylic acids is 1. The number of carbonyl (C=O) groups is 1. The van der Waals surface area contributed by atoms with Gasteiger partial charge in [-0.2, -0.15) is 0 Å². The Hall–Kier alpha value is -1.52. The highest BCUT2D eigenvalue weighted by Crippen LogP contribution is 2.30. The molecule has 20 heavy (non-hydrogen) atoms. The van der Waals surface area contributed by atoms with Crippen LogP contribution in [0, 0.1) is 10.1 Å². The van der Waals surface area contributed by atoms with Crippen molar-refractivity contribution in [2.24, 2.45) is 5.14 Å². The summed E-state index contributed by atoms with van der Waals surface area (Å²) in [6, 6.07) is 1.81. The number of amides is 1. The van der Waals surface area contributed by atoms with Crippen molar-refractivity contribution < 1.29 is 18.1 Å². The Labute approximate surface area is 123 Å². The summed E-state index contributed by atoms with van der Waals surface area (Å²) in [6.07, 6.45) is 0. The lowest BCUT2D eigenvalue weighted by Crippen LogP contribution is -2.27. The van der Waals surface area contributed by atoms with Crippen molar-refractivity contribution in [1.29, 1.82) is 0 Å². The molecule has 10 heteroatoms. The minimum Gasteiger partial charge on any atom is -0.342 e. The minimum atomic E-state index is -4.20. The van der Waals surface area contributed by atoms with Crippen LogP contribution in [0.1, 0.15) is 17.3 Å². The van der Waals surface area contributed by atoms with E-state index >= 15 is 0 Å². The van der Waals surface area contributed by atoms with E-state index in [2.05, 4.69) is 15.9 Å². The smallest absolute Gasteiger partial charge is 0.271 e. The number of rotatable bonds is 4. The Bertz CT molecular complexity index is 674. The fourth-order valence-electron chi connectivity index (χ4n) is 1.40. The third kappa shape index (κ3) is 3.32. The lowest BCUT2D eigenvalue weighted by Gasteiger charge is -2.16. The second kappa shape index (κ2) is 5.85. The molecule has 0 aromatic heterocycles. The van der Waals surface area contributed by atoms with E-state index in [1.807, 2.05) is 0 Å². The van der Waals surface area contributed by atoms with Crippen LogP contribution in [0.4, 0.5) is 5.69 Å². The zero-order chi connectivity index (χ0) is 15.7. The Kier molecular flexibility index (Phi) is 4.84. The van der Waals surface area contributed by atoms with Gasteiger partial charge in [0, 0.05) is 25.7 Å². The molecule has 0 radical (unpaired) electrons. The lowest BCUT2D eigenvalue weighted by molar-refractivity contribution is -0.385. The van der Waals surface area contributed by atoms with Crippen LogP contribution < -0.4 is 5.14 Å². The minimum absolute atomic E-state index is 0.0871. The molecule has 0 bridgehead atoms. The molecule has 0 saturated carbocycles. The number of sulfonamides is 1. The van der Waals surface area contributed by atoms with Gasteiger partial charge in [0.05, 0.1) is 15.0 Å². The maximum absolute atomic E-state index is 12.1. The molecule has 0 aliphatic rings. The summed E-state index contributed by atoms with van der Waals surface area (Å²) >= 11 is 2.97. The largest absolute Gasteiger partial charge is 0.342 e. The number of hydrogen-bond donors (Lipinski definition) is 1. The van der Waals surface area contributed by atoms with Gasteiger partial charge in [-0.05, 0) is 22.9 Å². The van der Waals surface area contributed by atoms with Crippen molar-refractivity contribution in [3.63, 3.8) is 0 Å². The van der Waals surface area contributed by atoms with E-state index in [0.29, 0.717) is 6.54 Å². The summed E-state index contributed by atoms with van der Waals surface area (Å²) in [7, 11) is -2.71. The lowest BCUT2D eigenvalue weighted by atomic mass is 10.2. The molecule has 1 aromatic rings. The first-order valence-electron chi connectivity index (χ1n) is 5.35. The highest BCUT2D eigenvalue weighted by molar-refractivity contribution is 9.10. The van der Waals surface area contributed by atoms with Gasteiger partial charge in [-0.1, -0.05) is 0 Å². The summed E-state index contributed by atoms with van der Waals surface area (Å²) in [5.74, 6) is -0.548. The van der Waals surface area contributed by atoms with Crippen LogP contribution in [0.15, 0.2) is 21.5 Å². The van der Waals surface area contributed by atoms with Gasteiger partial charge in [0.2, 0.25) is 10.0 Å². The summed E-state index contributed by atoms with van der Waals surface area (Å²) in [5, 5.41) is 15.8. The fraction of sp³-hybridized carbons (Fsp3) is 0.300. The van der Waals surface area contributed by atoms with E-state index in [9.17, 15) is 23.3 Å². The predicted octanol–water partition coefficient (Wildman–Crippen LogP) is 1.10. The van der Waals surface area contributed by atoms with E-state index in [0.717, 1.165) is 12.1 Å². The van der Waals surface area contributed by atoms with Crippen molar-refractivity contribution in [2.75, 3.05) is 13.6 Å². The quantitative estimate of drug-likeness (QED) is 0.631.